The average molecular weight is 254 g/mol. The smallest absolute Gasteiger partial charge is 0.193 e. The molecular weight excluding hydrogens is 236 g/mol. The third-order valence-corrected chi connectivity index (χ3v) is 2.78. The van der Waals surface area contributed by atoms with Gasteiger partial charge in [-0.1, -0.05) is 0 Å². The second-order valence-electron chi connectivity index (χ2n) is 4.83. The molecule has 0 amide bonds. The fourth-order valence-electron chi connectivity index (χ4n) is 1.85. The number of nitrogens with two attached hydrogens (primary N) is 1. The lowest BCUT2D eigenvalue weighted by Gasteiger charge is -2.10. The van der Waals surface area contributed by atoms with Crippen LogP contribution in [0.15, 0.2) is 48.5 Å². The molecule has 0 aliphatic rings. The van der Waals surface area contributed by atoms with Gasteiger partial charge in [0.25, 0.3) is 0 Å². The Bertz CT molecular complexity index is 556. The Balaban J connectivity index is 2.17. The zero-order valence-corrected chi connectivity index (χ0v) is 11.2. The first-order chi connectivity index (χ1) is 9.06. The summed E-state index contributed by atoms with van der Waals surface area (Å²) in [6.45, 7) is 4.15. The van der Waals surface area contributed by atoms with Crippen molar-refractivity contribution in [3.05, 3.63) is 59.7 Å². The van der Waals surface area contributed by atoms with Gasteiger partial charge in [-0.3, -0.25) is 4.79 Å². The minimum Gasteiger partial charge on any atom is -0.399 e. The largest absolute Gasteiger partial charge is 0.399 e. The Morgan fingerprint density at radius 2 is 1.42 bits per heavy atom. The molecule has 0 bridgehead atoms. The first-order valence-corrected chi connectivity index (χ1v) is 6.33. The molecule has 0 unspecified atom stereocenters. The number of anilines is 2. The van der Waals surface area contributed by atoms with Crippen molar-refractivity contribution in [2.24, 2.45) is 0 Å². The van der Waals surface area contributed by atoms with Crippen LogP contribution in [-0.4, -0.2) is 11.8 Å². The molecule has 0 aliphatic heterocycles. The van der Waals surface area contributed by atoms with Crippen molar-refractivity contribution in [3.8, 4) is 0 Å². The summed E-state index contributed by atoms with van der Waals surface area (Å²) in [5.74, 6) is 0.0103. The number of nitrogens with one attached hydrogen (secondary N) is 1. The fourth-order valence-corrected chi connectivity index (χ4v) is 1.85. The van der Waals surface area contributed by atoms with Crippen LogP contribution in [0, 0.1) is 0 Å². The van der Waals surface area contributed by atoms with E-state index in [0.717, 1.165) is 5.69 Å². The molecular formula is C16H18N2O. The van der Waals surface area contributed by atoms with E-state index in [1.54, 1.807) is 24.3 Å². The highest BCUT2D eigenvalue weighted by Gasteiger charge is 2.08. The first-order valence-electron chi connectivity index (χ1n) is 6.33. The number of rotatable bonds is 4. The van der Waals surface area contributed by atoms with Gasteiger partial charge in [0, 0.05) is 28.5 Å². The van der Waals surface area contributed by atoms with Crippen LogP contribution in [0.25, 0.3) is 0 Å². The highest BCUT2D eigenvalue weighted by molar-refractivity contribution is 6.09. The lowest BCUT2D eigenvalue weighted by molar-refractivity contribution is 0.103. The van der Waals surface area contributed by atoms with E-state index in [1.165, 1.54) is 0 Å². The van der Waals surface area contributed by atoms with Crippen LogP contribution in [0.5, 0.6) is 0 Å². The maximum atomic E-state index is 12.2. The van der Waals surface area contributed by atoms with Crippen molar-refractivity contribution >= 4 is 17.2 Å². The molecule has 0 heterocycles. The van der Waals surface area contributed by atoms with Gasteiger partial charge in [-0.25, -0.2) is 0 Å². The van der Waals surface area contributed by atoms with Crippen molar-refractivity contribution in [2.45, 2.75) is 19.9 Å². The molecule has 0 spiro atoms. The zero-order valence-electron chi connectivity index (χ0n) is 11.2. The van der Waals surface area contributed by atoms with Crippen LogP contribution in [-0.2, 0) is 0 Å². The lowest BCUT2D eigenvalue weighted by atomic mass is 10.0. The Hall–Kier alpha value is -2.29. The van der Waals surface area contributed by atoms with Gasteiger partial charge in [0.2, 0.25) is 0 Å². The number of hydrogen-bond acceptors (Lipinski definition) is 3. The third-order valence-electron chi connectivity index (χ3n) is 2.78. The molecule has 3 heteroatoms. The summed E-state index contributed by atoms with van der Waals surface area (Å²) < 4.78 is 0. The molecule has 0 atom stereocenters. The van der Waals surface area contributed by atoms with Crippen LogP contribution in [0.1, 0.15) is 29.8 Å². The zero-order chi connectivity index (χ0) is 13.8. The topological polar surface area (TPSA) is 55.1 Å². The molecule has 2 aromatic carbocycles. The molecule has 0 saturated heterocycles. The molecule has 0 aliphatic carbocycles. The molecule has 0 fully saturated rings. The van der Waals surface area contributed by atoms with E-state index < -0.39 is 0 Å². The van der Waals surface area contributed by atoms with Gasteiger partial charge in [-0.15, -0.1) is 0 Å². The highest BCUT2D eigenvalue weighted by Crippen LogP contribution is 2.15. The standard InChI is InChI=1S/C16H18N2O/c1-11(2)18-15-9-5-13(6-10-15)16(19)12-3-7-14(17)8-4-12/h3-11,18H,17H2,1-2H3. The quantitative estimate of drug-likeness (QED) is 0.650. The Morgan fingerprint density at radius 3 is 1.89 bits per heavy atom. The number of carbonyl (C=O) groups is 1. The van der Waals surface area contributed by atoms with Gasteiger partial charge < -0.3 is 11.1 Å². The maximum absolute atomic E-state index is 12.2. The highest BCUT2D eigenvalue weighted by atomic mass is 16.1. The van der Waals surface area contributed by atoms with Gasteiger partial charge in [-0.05, 0) is 62.4 Å². The van der Waals surface area contributed by atoms with Crippen LogP contribution in [0.2, 0.25) is 0 Å². The maximum Gasteiger partial charge on any atom is 0.193 e. The van der Waals surface area contributed by atoms with Crippen LogP contribution in [0.4, 0.5) is 11.4 Å². The number of ketones is 1. The molecule has 3 nitrogen and oxygen atoms in total. The molecule has 0 aromatic heterocycles. The first kappa shape index (κ1) is 13.1. The van der Waals surface area contributed by atoms with Crippen molar-refractivity contribution in [1.29, 1.82) is 0 Å². The van der Waals surface area contributed by atoms with Crippen LogP contribution < -0.4 is 11.1 Å². The summed E-state index contributed by atoms with van der Waals surface area (Å²) in [5.41, 5.74) is 8.62. The second kappa shape index (κ2) is 5.57. The summed E-state index contributed by atoms with van der Waals surface area (Å²) >= 11 is 0. The predicted molar refractivity (Wildman–Crippen MR) is 79.5 cm³/mol. The second-order valence-corrected chi connectivity index (χ2v) is 4.83. The Kier molecular flexibility index (Phi) is 3.85. The van der Waals surface area contributed by atoms with E-state index in [0.29, 0.717) is 22.9 Å². The monoisotopic (exact) mass is 254 g/mol. The minimum atomic E-state index is 0.0103. The Labute approximate surface area is 113 Å². The summed E-state index contributed by atoms with van der Waals surface area (Å²) in [4.78, 5) is 12.2. The molecule has 0 radical (unpaired) electrons. The molecule has 3 N–H and O–H groups in total. The predicted octanol–water partition coefficient (Wildman–Crippen LogP) is 3.32. The molecule has 0 saturated carbocycles. The van der Waals surface area contributed by atoms with Gasteiger partial charge in [0.05, 0.1) is 0 Å². The summed E-state index contributed by atoms with van der Waals surface area (Å²) in [7, 11) is 0. The fraction of sp³-hybridized carbons (Fsp3) is 0.188. The van der Waals surface area contributed by atoms with E-state index in [-0.39, 0.29) is 5.78 Å². The number of benzene rings is 2. The number of nitrogen functional groups attached to an aromatic ring is 1. The van der Waals surface area contributed by atoms with E-state index in [9.17, 15) is 4.79 Å². The van der Waals surface area contributed by atoms with E-state index >= 15 is 0 Å². The third kappa shape index (κ3) is 3.35. The molecule has 2 aromatic rings. The van der Waals surface area contributed by atoms with Gasteiger partial charge in [-0.2, -0.15) is 0 Å². The molecule has 2 rings (SSSR count). The van der Waals surface area contributed by atoms with E-state index in [2.05, 4.69) is 19.2 Å². The van der Waals surface area contributed by atoms with Gasteiger partial charge in [0.15, 0.2) is 5.78 Å². The van der Waals surface area contributed by atoms with E-state index in [1.807, 2.05) is 24.3 Å². The molecule has 19 heavy (non-hydrogen) atoms. The Morgan fingerprint density at radius 1 is 0.947 bits per heavy atom. The summed E-state index contributed by atoms with van der Waals surface area (Å²) in [5, 5.41) is 3.29. The van der Waals surface area contributed by atoms with Crippen molar-refractivity contribution in [2.75, 3.05) is 11.1 Å². The van der Waals surface area contributed by atoms with Crippen molar-refractivity contribution in [1.82, 2.24) is 0 Å². The van der Waals surface area contributed by atoms with Gasteiger partial charge >= 0.3 is 0 Å². The lowest BCUT2D eigenvalue weighted by Crippen LogP contribution is -2.09. The van der Waals surface area contributed by atoms with Crippen molar-refractivity contribution < 1.29 is 4.79 Å². The summed E-state index contributed by atoms with van der Waals surface area (Å²) in [6.07, 6.45) is 0. The summed E-state index contributed by atoms with van der Waals surface area (Å²) in [6, 6.07) is 14.9. The minimum absolute atomic E-state index is 0.0103. The average Bonchev–Trinajstić information content (AvgIpc) is 2.39. The van der Waals surface area contributed by atoms with E-state index in [4.69, 9.17) is 5.73 Å². The normalized spacial score (nSPS) is 10.5. The van der Waals surface area contributed by atoms with Crippen LogP contribution in [0.3, 0.4) is 0 Å². The molecule has 98 valence electrons. The SMILES string of the molecule is CC(C)Nc1ccc(C(=O)c2ccc(N)cc2)cc1. The van der Waals surface area contributed by atoms with Crippen LogP contribution >= 0.6 is 0 Å². The van der Waals surface area contributed by atoms with Crippen molar-refractivity contribution in [3.63, 3.8) is 0 Å². The number of carbonyl (C=O) groups excluding carboxylic acids is 1. The number of hydrogen-bond donors (Lipinski definition) is 2. The van der Waals surface area contributed by atoms with Gasteiger partial charge in [0.1, 0.15) is 0 Å².